The number of aromatic nitrogens is 3. The van der Waals surface area contributed by atoms with Crippen LogP contribution in [-0.4, -0.2) is 33.0 Å². The standard InChI is InChI=1S/C26H25ClN4O2S/c1-18(25(32)28-16-19-8-14-23(33-2)15-9-19)34-26-30-29-24(21-10-12-22(27)13-11-21)31(26)17-20-6-4-3-5-7-20/h3-15,18H,16-17H2,1-2H3,(H,28,32). The number of halogens is 1. The van der Waals surface area contributed by atoms with Gasteiger partial charge in [0.05, 0.1) is 18.9 Å². The van der Waals surface area contributed by atoms with Gasteiger partial charge in [-0.15, -0.1) is 10.2 Å². The summed E-state index contributed by atoms with van der Waals surface area (Å²) in [6.45, 7) is 2.91. The Kier molecular flexibility index (Phi) is 7.87. The minimum atomic E-state index is -0.352. The summed E-state index contributed by atoms with van der Waals surface area (Å²) in [4.78, 5) is 12.8. The van der Waals surface area contributed by atoms with Crippen LogP contribution in [0.4, 0.5) is 0 Å². The van der Waals surface area contributed by atoms with Crippen molar-refractivity contribution in [3.63, 3.8) is 0 Å². The molecule has 34 heavy (non-hydrogen) atoms. The molecule has 6 nitrogen and oxygen atoms in total. The number of ether oxygens (including phenoxy) is 1. The lowest BCUT2D eigenvalue weighted by Crippen LogP contribution is -2.30. The van der Waals surface area contributed by atoms with Gasteiger partial charge >= 0.3 is 0 Å². The largest absolute Gasteiger partial charge is 0.497 e. The molecule has 0 bridgehead atoms. The molecule has 0 spiro atoms. The lowest BCUT2D eigenvalue weighted by Gasteiger charge is -2.14. The molecule has 0 saturated heterocycles. The van der Waals surface area contributed by atoms with Crippen LogP contribution >= 0.6 is 23.4 Å². The van der Waals surface area contributed by atoms with Crippen LogP contribution in [0, 0.1) is 0 Å². The van der Waals surface area contributed by atoms with Crippen molar-refractivity contribution in [2.75, 3.05) is 7.11 Å². The maximum Gasteiger partial charge on any atom is 0.233 e. The molecule has 174 valence electrons. The van der Waals surface area contributed by atoms with Gasteiger partial charge in [0, 0.05) is 17.1 Å². The van der Waals surface area contributed by atoms with Crippen LogP contribution in [0.2, 0.25) is 5.02 Å². The molecule has 1 aromatic heterocycles. The highest BCUT2D eigenvalue weighted by Gasteiger charge is 2.21. The van der Waals surface area contributed by atoms with Crippen LogP contribution in [0.15, 0.2) is 84.0 Å². The van der Waals surface area contributed by atoms with E-state index in [4.69, 9.17) is 16.3 Å². The number of methoxy groups -OCH3 is 1. The lowest BCUT2D eigenvalue weighted by atomic mass is 10.2. The van der Waals surface area contributed by atoms with E-state index in [1.54, 1.807) is 7.11 Å². The van der Waals surface area contributed by atoms with Crippen LogP contribution < -0.4 is 10.1 Å². The van der Waals surface area contributed by atoms with E-state index in [0.29, 0.717) is 23.3 Å². The quantitative estimate of drug-likeness (QED) is 0.314. The van der Waals surface area contributed by atoms with E-state index in [1.807, 2.05) is 78.2 Å². The number of benzene rings is 3. The summed E-state index contributed by atoms with van der Waals surface area (Å²) in [5.74, 6) is 1.45. The third-order valence-corrected chi connectivity index (χ3v) is 6.61. The van der Waals surface area contributed by atoms with Crippen LogP contribution in [0.1, 0.15) is 18.1 Å². The highest BCUT2D eigenvalue weighted by Crippen LogP contribution is 2.28. The molecule has 8 heteroatoms. The van der Waals surface area contributed by atoms with Gasteiger partial charge in [0.2, 0.25) is 5.91 Å². The summed E-state index contributed by atoms with van der Waals surface area (Å²) in [5.41, 5.74) is 3.04. The molecule has 0 aliphatic heterocycles. The summed E-state index contributed by atoms with van der Waals surface area (Å²) in [6.07, 6.45) is 0. The average Bonchev–Trinajstić information content (AvgIpc) is 3.25. The molecule has 0 radical (unpaired) electrons. The van der Waals surface area contributed by atoms with Gasteiger partial charge in [0.25, 0.3) is 0 Å². The Balaban J connectivity index is 1.50. The van der Waals surface area contributed by atoms with Crippen molar-refractivity contribution < 1.29 is 9.53 Å². The number of hydrogen-bond donors (Lipinski definition) is 1. The number of rotatable bonds is 9. The number of hydrogen-bond acceptors (Lipinski definition) is 5. The van der Waals surface area contributed by atoms with Crippen LogP contribution in [-0.2, 0) is 17.9 Å². The Morgan fingerprint density at radius 1 is 1.00 bits per heavy atom. The second-order valence-electron chi connectivity index (χ2n) is 7.71. The molecule has 0 aliphatic carbocycles. The average molecular weight is 493 g/mol. The van der Waals surface area contributed by atoms with E-state index in [2.05, 4.69) is 27.6 Å². The van der Waals surface area contributed by atoms with Gasteiger partial charge in [0.15, 0.2) is 11.0 Å². The summed E-state index contributed by atoms with van der Waals surface area (Å²) < 4.78 is 7.22. The number of amides is 1. The molecule has 0 aliphatic rings. The molecule has 1 unspecified atom stereocenters. The van der Waals surface area contributed by atoms with Crippen molar-refractivity contribution in [3.05, 3.63) is 95.0 Å². The molecular formula is C26H25ClN4O2S. The first-order valence-corrected chi connectivity index (χ1v) is 12.1. The lowest BCUT2D eigenvalue weighted by molar-refractivity contribution is -0.120. The van der Waals surface area contributed by atoms with Gasteiger partial charge in [-0.05, 0) is 54.4 Å². The smallest absolute Gasteiger partial charge is 0.233 e. The minimum absolute atomic E-state index is 0.0666. The Hall–Kier alpha value is -3.29. The monoisotopic (exact) mass is 492 g/mol. The Morgan fingerprint density at radius 3 is 2.38 bits per heavy atom. The van der Waals surface area contributed by atoms with Gasteiger partial charge in [-0.1, -0.05) is 65.8 Å². The van der Waals surface area contributed by atoms with E-state index < -0.39 is 0 Å². The third-order valence-electron chi connectivity index (χ3n) is 5.28. The third kappa shape index (κ3) is 5.98. The molecule has 1 atom stereocenters. The van der Waals surface area contributed by atoms with Crippen molar-refractivity contribution in [2.45, 2.75) is 30.4 Å². The number of carbonyl (C=O) groups is 1. The molecule has 3 aromatic carbocycles. The maximum absolute atomic E-state index is 12.8. The van der Waals surface area contributed by atoms with E-state index >= 15 is 0 Å². The maximum atomic E-state index is 12.8. The Labute approximate surface area is 208 Å². The zero-order chi connectivity index (χ0) is 23.9. The zero-order valence-corrected chi connectivity index (χ0v) is 20.5. The first kappa shape index (κ1) is 23.9. The molecule has 4 aromatic rings. The van der Waals surface area contributed by atoms with Crippen LogP contribution in [0.3, 0.4) is 0 Å². The summed E-state index contributed by atoms with van der Waals surface area (Å²) >= 11 is 7.46. The fourth-order valence-electron chi connectivity index (χ4n) is 3.38. The Bertz CT molecular complexity index is 1230. The van der Waals surface area contributed by atoms with Crippen molar-refractivity contribution in [3.8, 4) is 17.1 Å². The molecule has 0 saturated carbocycles. The predicted molar refractivity (Wildman–Crippen MR) is 136 cm³/mol. The van der Waals surface area contributed by atoms with E-state index in [-0.39, 0.29) is 11.2 Å². The second-order valence-corrected chi connectivity index (χ2v) is 9.46. The van der Waals surface area contributed by atoms with E-state index in [1.165, 1.54) is 11.8 Å². The fraction of sp³-hybridized carbons (Fsp3) is 0.192. The van der Waals surface area contributed by atoms with Gasteiger partial charge in [-0.3, -0.25) is 9.36 Å². The number of nitrogens with one attached hydrogen (secondary N) is 1. The van der Waals surface area contributed by atoms with Crippen molar-refractivity contribution >= 4 is 29.3 Å². The zero-order valence-electron chi connectivity index (χ0n) is 18.9. The van der Waals surface area contributed by atoms with Crippen LogP contribution in [0.25, 0.3) is 11.4 Å². The number of nitrogens with zero attached hydrogens (tertiary/aromatic N) is 3. The SMILES string of the molecule is COc1ccc(CNC(=O)C(C)Sc2nnc(-c3ccc(Cl)cc3)n2Cc2ccccc2)cc1. The molecule has 4 rings (SSSR count). The minimum Gasteiger partial charge on any atom is -0.497 e. The second kappa shape index (κ2) is 11.2. The van der Waals surface area contributed by atoms with E-state index in [9.17, 15) is 4.79 Å². The molecular weight excluding hydrogens is 468 g/mol. The fourth-order valence-corrected chi connectivity index (χ4v) is 4.38. The van der Waals surface area contributed by atoms with Gasteiger partial charge in [-0.2, -0.15) is 0 Å². The summed E-state index contributed by atoms with van der Waals surface area (Å²) in [5, 5.41) is 12.8. The van der Waals surface area contributed by atoms with Gasteiger partial charge in [0.1, 0.15) is 5.75 Å². The van der Waals surface area contributed by atoms with Crippen molar-refractivity contribution in [1.29, 1.82) is 0 Å². The normalized spacial score (nSPS) is 11.7. The summed E-state index contributed by atoms with van der Waals surface area (Å²) in [7, 11) is 1.63. The first-order valence-electron chi connectivity index (χ1n) is 10.8. The topological polar surface area (TPSA) is 69.0 Å². The highest BCUT2D eigenvalue weighted by molar-refractivity contribution is 8.00. The highest BCUT2D eigenvalue weighted by atomic mass is 35.5. The van der Waals surface area contributed by atoms with Crippen LogP contribution in [0.5, 0.6) is 5.75 Å². The van der Waals surface area contributed by atoms with Crippen molar-refractivity contribution in [1.82, 2.24) is 20.1 Å². The molecule has 1 N–H and O–H groups in total. The summed E-state index contributed by atoms with van der Waals surface area (Å²) in [6, 6.07) is 25.3. The van der Waals surface area contributed by atoms with E-state index in [0.717, 1.165) is 28.3 Å². The molecule has 0 fully saturated rings. The first-order chi connectivity index (χ1) is 16.5. The number of carbonyl (C=O) groups excluding carboxylic acids is 1. The number of thioether (sulfide) groups is 1. The molecule has 1 amide bonds. The van der Waals surface area contributed by atoms with Crippen molar-refractivity contribution in [2.24, 2.45) is 0 Å². The predicted octanol–water partition coefficient (Wildman–Crippen LogP) is 5.45. The van der Waals surface area contributed by atoms with Gasteiger partial charge in [-0.25, -0.2) is 0 Å². The van der Waals surface area contributed by atoms with Gasteiger partial charge < -0.3 is 10.1 Å². The Morgan fingerprint density at radius 2 is 1.71 bits per heavy atom. The molecule has 1 heterocycles.